The first-order valence-electron chi connectivity index (χ1n) is 10.7. The van der Waals surface area contributed by atoms with E-state index < -0.39 is 10.0 Å². The molecule has 0 bridgehead atoms. The van der Waals surface area contributed by atoms with Gasteiger partial charge in [-0.15, -0.1) is 0 Å². The predicted octanol–water partition coefficient (Wildman–Crippen LogP) is 4.63. The van der Waals surface area contributed by atoms with Crippen molar-refractivity contribution in [2.45, 2.75) is 24.7 Å². The molecule has 168 valence electrons. The molecule has 0 unspecified atom stereocenters. The number of sulfonamides is 1. The molecular weight excluding hydrogens is 436 g/mol. The third-order valence-electron chi connectivity index (χ3n) is 5.18. The van der Waals surface area contributed by atoms with E-state index in [1.165, 1.54) is 12.1 Å². The van der Waals surface area contributed by atoms with Crippen LogP contribution in [0.15, 0.2) is 84.0 Å². The van der Waals surface area contributed by atoms with Gasteiger partial charge in [0, 0.05) is 35.6 Å². The monoisotopic (exact) mass is 460 g/mol. The van der Waals surface area contributed by atoms with Crippen LogP contribution in [0.4, 0.5) is 5.69 Å². The Bertz CT molecular complexity index is 1370. The van der Waals surface area contributed by atoms with E-state index in [2.05, 4.69) is 20.0 Å². The molecule has 2 aromatic heterocycles. The molecule has 0 radical (unpaired) electrons. The number of anilines is 1. The summed E-state index contributed by atoms with van der Waals surface area (Å²) in [6, 6.07) is 19.0. The van der Waals surface area contributed by atoms with Gasteiger partial charge in [0.1, 0.15) is 0 Å². The number of carbonyl (C=O) groups is 1. The number of aromatic nitrogens is 2. The molecule has 0 saturated heterocycles. The van der Waals surface area contributed by atoms with E-state index in [-0.39, 0.29) is 10.8 Å². The quantitative estimate of drug-likeness (QED) is 0.374. The Morgan fingerprint density at radius 1 is 0.970 bits per heavy atom. The van der Waals surface area contributed by atoms with Crippen LogP contribution in [-0.2, 0) is 10.0 Å². The molecule has 0 aliphatic heterocycles. The van der Waals surface area contributed by atoms with E-state index in [0.717, 1.165) is 23.8 Å². The normalized spacial score (nSPS) is 11.4. The Morgan fingerprint density at radius 3 is 2.42 bits per heavy atom. The third kappa shape index (κ3) is 5.24. The minimum atomic E-state index is -3.57. The van der Waals surface area contributed by atoms with Crippen molar-refractivity contribution in [3.63, 3.8) is 0 Å². The molecule has 0 spiro atoms. The zero-order valence-electron chi connectivity index (χ0n) is 18.2. The topological polar surface area (TPSA) is 101 Å². The van der Waals surface area contributed by atoms with Crippen LogP contribution < -0.4 is 10.0 Å². The summed E-state index contributed by atoms with van der Waals surface area (Å²) in [5, 5.41) is 3.59. The number of pyridine rings is 2. The smallest absolute Gasteiger partial charge is 0.256 e. The Hall–Kier alpha value is -3.62. The van der Waals surface area contributed by atoms with Crippen LogP contribution in [0.25, 0.3) is 22.2 Å². The lowest BCUT2D eigenvalue weighted by Crippen LogP contribution is -2.24. The summed E-state index contributed by atoms with van der Waals surface area (Å²) in [7, 11) is -3.57. The number of benzene rings is 2. The van der Waals surface area contributed by atoms with Crippen LogP contribution in [0.1, 0.15) is 30.1 Å². The minimum Gasteiger partial charge on any atom is -0.322 e. The average molecular weight is 461 g/mol. The zero-order chi connectivity index (χ0) is 23.3. The number of amides is 1. The van der Waals surface area contributed by atoms with Crippen molar-refractivity contribution in [2.24, 2.45) is 0 Å². The van der Waals surface area contributed by atoms with Gasteiger partial charge in [-0.25, -0.2) is 18.1 Å². The van der Waals surface area contributed by atoms with Gasteiger partial charge in [0.2, 0.25) is 10.0 Å². The highest BCUT2D eigenvalue weighted by Gasteiger charge is 2.16. The highest BCUT2D eigenvalue weighted by atomic mass is 32.2. The molecule has 4 rings (SSSR count). The van der Waals surface area contributed by atoms with Crippen molar-refractivity contribution in [3.8, 4) is 11.3 Å². The molecule has 8 heteroatoms. The molecule has 0 saturated carbocycles. The zero-order valence-corrected chi connectivity index (χ0v) is 19.0. The Morgan fingerprint density at radius 2 is 1.70 bits per heavy atom. The number of rotatable bonds is 8. The number of nitrogens with zero attached hydrogens (tertiary/aromatic N) is 2. The second kappa shape index (κ2) is 9.89. The lowest BCUT2D eigenvalue weighted by Gasteiger charge is -2.11. The van der Waals surface area contributed by atoms with E-state index in [0.29, 0.717) is 29.0 Å². The van der Waals surface area contributed by atoms with Crippen LogP contribution >= 0.6 is 0 Å². The van der Waals surface area contributed by atoms with Gasteiger partial charge in [-0.05, 0) is 55.0 Å². The van der Waals surface area contributed by atoms with Crippen LogP contribution in [-0.4, -0.2) is 30.8 Å². The van der Waals surface area contributed by atoms with Crippen molar-refractivity contribution < 1.29 is 13.2 Å². The average Bonchev–Trinajstić information content (AvgIpc) is 2.84. The van der Waals surface area contributed by atoms with Crippen molar-refractivity contribution in [3.05, 3.63) is 84.7 Å². The van der Waals surface area contributed by atoms with Crippen LogP contribution in [0.3, 0.4) is 0 Å². The molecule has 0 aliphatic carbocycles. The SMILES string of the molecule is CCCCNS(=O)(=O)c1ccc(NC(=O)c2cc(-c3ccncc3)nc3ccccc23)cc1. The molecule has 2 heterocycles. The van der Waals surface area contributed by atoms with Crippen molar-refractivity contribution in [1.29, 1.82) is 0 Å². The van der Waals surface area contributed by atoms with Crippen molar-refractivity contribution in [1.82, 2.24) is 14.7 Å². The number of carbonyl (C=O) groups excluding carboxylic acids is 1. The number of unbranched alkanes of at least 4 members (excludes halogenated alkanes) is 1. The molecule has 0 fully saturated rings. The number of hydrogen-bond donors (Lipinski definition) is 2. The standard InChI is InChI=1S/C25H24N4O3S/c1-2-3-14-27-33(31,32)20-10-8-19(9-11-20)28-25(30)22-17-24(18-12-15-26-16-13-18)29-23-7-5-4-6-21(22)23/h4-13,15-17,27H,2-3,14H2,1H3,(H,28,30). The third-order valence-corrected chi connectivity index (χ3v) is 6.66. The predicted molar refractivity (Wildman–Crippen MR) is 129 cm³/mol. The molecule has 1 amide bonds. The largest absolute Gasteiger partial charge is 0.322 e. The Balaban J connectivity index is 1.60. The van der Waals surface area contributed by atoms with Gasteiger partial charge in [-0.1, -0.05) is 31.5 Å². The summed E-state index contributed by atoms with van der Waals surface area (Å²) in [5.41, 5.74) is 3.21. The van der Waals surface area contributed by atoms with Crippen LogP contribution in [0.2, 0.25) is 0 Å². The van der Waals surface area contributed by atoms with E-state index in [1.54, 1.807) is 30.6 Å². The van der Waals surface area contributed by atoms with Gasteiger partial charge in [0.25, 0.3) is 5.91 Å². The van der Waals surface area contributed by atoms with Crippen LogP contribution in [0, 0.1) is 0 Å². The Labute approximate surface area is 193 Å². The first kappa shape index (κ1) is 22.6. The summed E-state index contributed by atoms with van der Waals surface area (Å²) >= 11 is 0. The van der Waals surface area contributed by atoms with E-state index in [9.17, 15) is 13.2 Å². The molecular formula is C25H24N4O3S. The second-order valence-corrected chi connectivity index (χ2v) is 9.30. The highest BCUT2D eigenvalue weighted by molar-refractivity contribution is 7.89. The summed E-state index contributed by atoms with van der Waals surface area (Å²) in [6.45, 7) is 2.39. The van der Waals surface area contributed by atoms with E-state index in [4.69, 9.17) is 0 Å². The summed E-state index contributed by atoms with van der Waals surface area (Å²) in [4.78, 5) is 22.1. The van der Waals surface area contributed by atoms with E-state index >= 15 is 0 Å². The fourth-order valence-electron chi connectivity index (χ4n) is 3.42. The Kier molecular flexibility index (Phi) is 6.76. The molecule has 4 aromatic rings. The van der Waals surface area contributed by atoms with Gasteiger partial charge in [-0.2, -0.15) is 0 Å². The lowest BCUT2D eigenvalue weighted by molar-refractivity contribution is 0.102. The molecule has 0 atom stereocenters. The maximum Gasteiger partial charge on any atom is 0.256 e. The first-order chi connectivity index (χ1) is 16.0. The minimum absolute atomic E-state index is 0.158. The molecule has 7 nitrogen and oxygen atoms in total. The molecule has 2 aromatic carbocycles. The van der Waals surface area contributed by atoms with Gasteiger partial charge < -0.3 is 5.32 Å². The number of fused-ring (bicyclic) bond motifs is 1. The van der Waals surface area contributed by atoms with Crippen molar-refractivity contribution in [2.75, 3.05) is 11.9 Å². The van der Waals surface area contributed by atoms with Crippen LogP contribution in [0.5, 0.6) is 0 Å². The van der Waals surface area contributed by atoms with Gasteiger partial charge >= 0.3 is 0 Å². The fourth-order valence-corrected chi connectivity index (χ4v) is 4.49. The molecule has 33 heavy (non-hydrogen) atoms. The van der Waals surface area contributed by atoms with E-state index in [1.807, 2.05) is 43.3 Å². The van der Waals surface area contributed by atoms with Gasteiger partial charge in [0.15, 0.2) is 0 Å². The number of nitrogens with one attached hydrogen (secondary N) is 2. The second-order valence-electron chi connectivity index (χ2n) is 7.54. The summed E-state index contributed by atoms with van der Waals surface area (Å²) in [5.74, 6) is -0.305. The first-order valence-corrected chi connectivity index (χ1v) is 12.2. The summed E-state index contributed by atoms with van der Waals surface area (Å²) < 4.78 is 27.3. The highest BCUT2D eigenvalue weighted by Crippen LogP contribution is 2.25. The van der Waals surface area contributed by atoms with Gasteiger partial charge in [-0.3, -0.25) is 9.78 Å². The van der Waals surface area contributed by atoms with Crippen molar-refractivity contribution >= 4 is 32.5 Å². The maximum absolute atomic E-state index is 13.2. The molecule has 0 aliphatic rings. The number of para-hydroxylation sites is 1. The molecule has 2 N–H and O–H groups in total. The lowest BCUT2D eigenvalue weighted by atomic mass is 10.0. The summed E-state index contributed by atoms with van der Waals surface area (Å²) in [6.07, 6.45) is 5.03. The fraction of sp³-hybridized carbons (Fsp3) is 0.160. The van der Waals surface area contributed by atoms with Gasteiger partial charge in [0.05, 0.1) is 21.7 Å². The number of hydrogen-bond acceptors (Lipinski definition) is 5. The maximum atomic E-state index is 13.2.